The van der Waals surface area contributed by atoms with Gasteiger partial charge in [-0.25, -0.2) is 0 Å². The average Bonchev–Trinajstić information content (AvgIpc) is 2.66. The van der Waals surface area contributed by atoms with Crippen molar-refractivity contribution in [1.29, 1.82) is 0 Å². The normalized spacial score (nSPS) is 16.2. The zero-order valence-electron chi connectivity index (χ0n) is 14.7. The lowest BCUT2D eigenvalue weighted by atomic mass is 9.89. The maximum absolute atomic E-state index is 12.5. The lowest BCUT2D eigenvalue weighted by molar-refractivity contribution is -0.143. The summed E-state index contributed by atoms with van der Waals surface area (Å²) < 4.78 is 10.4. The summed E-state index contributed by atoms with van der Waals surface area (Å²) in [6.07, 6.45) is 0. The second-order valence-corrected chi connectivity index (χ2v) is 6.28. The molecule has 2 aromatic carbocycles. The molecule has 0 bridgehead atoms. The number of esters is 1. The molecule has 26 heavy (non-hydrogen) atoms. The molecule has 3 rings (SSSR count). The van der Waals surface area contributed by atoms with Crippen molar-refractivity contribution in [1.82, 2.24) is 4.90 Å². The SMILES string of the molecule is COC(=O)C(CN1CCOCC1)c1cc(O)cc(O)c1-c1ccccc1. The first-order chi connectivity index (χ1) is 12.6. The molecule has 2 aromatic rings. The van der Waals surface area contributed by atoms with E-state index in [1.165, 1.54) is 19.2 Å². The van der Waals surface area contributed by atoms with Gasteiger partial charge in [-0.1, -0.05) is 30.3 Å². The van der Waals surface area contributed by atoms with Gasteiger partial charge in [0.2, 0.25) is 0 Å². The molecule has 1 aliphatic rings. The molecule has 6 nitrogen and oxygen atoms in total. The zero-order valence-corrected chi connectivity index (χ0v) is 14.7. The summed E-state index contributed by atoms with van der Waals surface area (Å²) in [6, 6.07) is 12.1. The topological polar surface area (TPSA) is 79.2 Å². The Bertz CT molecular complexity index is 756. The van der Waals surface area contributed by atoms with E-state index in [9.17, 15) is 15.0 Å². The fourth-order valence-corrected chi connectivity index (χ4v) is 3.31. The van der Waals surface area contributed by atoms with Gasteiger partial charge < -0.3 is 19.7 Å². The number of morpholine rings is 1. The van der Waals surface area contributed by atoms with Crippen LogP contribution in [0.5, 0.6) is 11.5 Å². The van der Waals surface area contributed by atoms with Crippen LogP contribution in [-0.2, 0) is 14.3 Å². The van der Waals surface area contributed by atoms with Gasteiger partial charge >= 0.3 is 5.97 Å². The average molecular weight is 357 g/mol. The molecule has 1 aliphatic heterocycles. The number of phenols is 2. The van der Waals surface area contributed by atoms with E-state index < -0.39 is 11.9 Å². The van der Waals surface area contributed by atoms with Crippen molar-refractivity contribution in [2.45, 2.75) is 5.92 Å². The highest BCUT2D eigenvalue weighted by atomic mass is 16.5. The number of ether oxygens (including phenoxy) is 2. The van der Waals surface area contributed by atoms with E-state index >= 15 is 0 Å². The van der Waals surface area contributed by atoms with Crippen molar-refractivity contribution in [3.8, 4) is 22.6 Å². The number of hydrogen-bond acceptors (Lipinski definition) is 6. The standard InChI is InChI=1S/C20H23NO5/c1-25-20(24)17(13-21-7-9-26-10-8-21)16-11-15(22)12-18(23)19(16)14-5-3-2-4-6-14/h2-6,11-12,17,22-23H,7-10,13H2,1H3. The number of hydrogen-bond donors (Lipinski definition) is 2. The van der Waals surface area contributed by atoms with Gasteiger partial charge in [-0.3, -0.25) is 9.69 Å². The minimum atomic E-state index is -0.633. The van der Waals surface area contributed by atoms with E-state index in [1.807, 2.05) is 30.3 Å². The van der Waals surface area contributed by atoms with E-state index in [0.717, 1.165) is 18.7 Å². The molecule has 1 unspecified atom stereocenters. The van der Waals surface area contributed by atoms with Crippen molar-refractivity contribution >= 4 is 5.97 Å². The maximum atomic E-state index is 12.5. The summed E-state index contributed by atoms with van der Waals surface area (Å²) in [7, 11) is 1.35. The van der Waals surface area contributed by atoms with E-state index in [4.69, 9.17) is 9.47 Å². The first-order valence-corrected chi connectivity index (χ1v) is 8.59. The Kier molecular flexibility index (Phi) is 5.75. The number of nitrogens with zero attached hydrogens (tertiary/aromatic N) is 1. The molecule has 6 heteroatoms. The predicted molar refractivity (Wildman–Crippen MR) is 97.2 cm³/mol. The first kappa shape index (κ1) is 18.2. The Labute approximate surface area is 152 Å². The number of phenolic OH excluding ortho intramolecular Hbond substituents is 2. The fraction of sp³-hybridized carbons (Fsp3) is 0.350. The zero-order chi connectivity index (χ0) is 18.5. The van der Waals surface area contributed by atoms with Gasteiger partial charge in [-0.2, -0.15) is 0 Å². The van der Waals surface area contributed by atoms with Crippen LogP contribution in [0, 0.1) is 0 Å². The van der Waals surface area contributed by atoms with Crippen LogP contribution in [0.25, 0.3) is 11.1 Å². The van der Waals surface area contributed by atoms with Crippen LogP contribution in [0.1, 0.15) is 11.5 Å². The third-order valence-electron chi connectivity index (χ3n) is 4.60. The molecule has 1 fully saturated rings. The van der Waals surface area contributed by atoms with E-state index in [1.54, 1.807) is 0 Å². The van der Waals surface area contributed by atoms with Crippen molar-refractivity contribution in [3.63, 3.8) is 0 Å². The summed E-state index contributed by atoms with van der Waals surface area (Å²) in [5, 5.41) is 20.5. The number of methoxy groups -OCH3 is 1. The molecular formula is C20H23NO5. The molecule has 0 aromatic heterocycles. The fourth-order valence-electron chi connectivity index (χ4n) is 3.31. The highest BCUT2D eigenvalue weighted by Gasteiger charge is 2.29. The molecule has 1 saturated heterocycles. The minimum absolute atomic E-state index is 0.0675. The number of aromatic hydroxyl groups is 2. The van der Waals surface area contributed by atoms with Crippen molar-refractivity contribution < 1.29 is 24.5 Å². The number of benzene rings is 2. The number of rotatable bonds is 5. The lowest BCUT2D eigenvalue weighted by Crippen LogP contribution is -2.40. The monoisotopic (exact) mass is 357 g/mol. The van der Waals surface area contributed by atoms with Crippen molar-refractivity contribution in [3.05, 3.63) is 48.0 Å². The second-order valence-electron chi connectivity index (χ2n) is 6.28. The number of carbonyl (C=O) groups excluding carboxylic acids is 1. The summed E-state index contributed by atoms with van der Waals surface area (Å²) in [6.45, 7) is 3.10. The van der Waals surface area contributed by atoms with Gasteiger partial charge in [0.25, 0.3) is 0 Å². The van der Waals surface area contributed by atoms with Crippen LogP contribution < -0.4 is 0 Å². The third kappa shape index (κ3) is 3.98. The van der Waals surface area contributed by atoms with Gasteiger partial charge in [0, 0.05) is 31.3 Å². The Hall–Kier alpha value is -2.57. The molecule has 1 heterocycles. The quantitative estimate of drug-likeness (QED) is 0.800. The largest absolute Gasteiger partial charge is 0.508 e. The Morgan fingerprint density at radius 2 is 1.88 bits per heavy atom. The summed E-state index contributed by atoms with van der Waals surface area (Å²) in [5.74, 6) is -1.19. The first-order valence-electron chi connectivity index (χ1n) is 8.59. The summed E-state index contributed by atoms with van der Waals surface area (Å²) >= 11 is 0. The molecule has 1 atom stereocenters. The lowest BCUT2D eigenvalue weighted by Gasteiger charge is -2.30. The van der Waals surface area contributed by atoms with Gasteiger partial charge in [0.15, 0.2) is 0 Å². The van der Waals surface area contributed by atoms with Crippen molar-refractivity contribution in [2.75, 3.05) is 40.0 Å². The van der Waals surface area contributed by atoms with Gasteiger partial charge in [0.05, 0.1) is 26.2 Å². The van der Waals surface area contributed by atoms with Crippen LogP contribution in [0.3, 0.4) is 0 Å². The molecule has 0 saturated carbocycles. The van der Waals surface area contributed by atoms with Gasteiger partial charge in [-0.05, 0) is 17.2 Å². The van der Waals surface area contributed by atoms with E-state index in [-0.39, 0.29) is 11.5 Å². The molecule has 2 N–H and O–H groups in total. The summed E-state index contributed by atoms with van der Waals surface area (Å²) in [4.78, 5) is 14.7. The Morgan fingerprint density at radius 1 is 1.19 bits per heavy atom. The van der Waals surface area contributed by atoms with E-state index in [2.05, 4.69) is 4.90 Å². The minimum Gasteiger partial charge on any atom is -0.508 e. The van der Waals surface area contributed by atoms with Crippen LogP contribution in [0.15, 0.2) is 42.5 Å². The second kappa shape index (κ2) is 8.21. The molecule has 0 aliphatic carbocycles. The highest BCUT2D eigenvalue weighted by molar-refractivity contribution is 5.85. The molecule has 138 valence electrons. The Balaban J connectivity index is 2.06. The molecule has 0 amide bonds. The third-order valence-corrected chi connectivity index (χ3v) is 4.60. The molecular weight excluding hydrogens is 334 g/mol. The molecule has 0 radical (unpaired) electrons. The molecule has 0 spiro atoms. The van der Waals surface area contributed by atoms with Gasteiger partial charge in [0.1, 0.15) is 11.5 Å². The van der Waals surface area contributed by atoms with Crippen LogP contribution in [0.4, 0.5) is 0 Å². The smallest absolute Gasteiger partial charge is 0.314 e. The van der Waals surface area contributed by atoms with Crippen LogP contribution in [0.2, 0.25) is 0 Å². The number of carbonyl (C=O) groups is 1. The van der Waals surface area contributed by atoms with E-state index in [0.29, 0.717) is 30.9 Å². The van der Waals surface area contributed by atoms with Crippen LogP contribution in [-0.4, -0.2) is 61.0 Å². The van der Waals surface area contributed by atoms with Gasteiger partial charge in [-0.15, -0.1) is 0 Å². The highest BCUT2D eigenvalue weighted by Crippen LogP contribution is 2.40. The predicted octanol–water partition coefficient (Wildman–Crippen LogP) is 2.35. The van der Waals surface area contributed by atoms with Crippen LogP contribution >= 0.6 is 0 Å². The van der Waals surface area contributed by atoms with Crippen molar-refractivity contribution in [2.24, 2.45) is 0 Å². The maximum Gasteiger partial charge on any atom is 0.314 e. The summed E-state index contributed by atoms with van der Waals surface area (Å²) in [5.41, 5.74) is 1.86. The Morgan fingerprint density at radius 3 is 2.54 bits per heavy atom.